The van der Waals surface area contributed by atoms with Crippen molar-refractivity contribution >= 4 is 23.0 Å². The van der Waals surface area contributed by atoms with E-state index in [4.69, 9.17) is 4.74 Å². The Kier molecular flexibility index (Phi) is 5.36. The van der Waals surface area contributed by atoms with E-state index >= 15 is 0 Å². The van der Waals surface area contributed by atoms with E-state index in [-0.39, 0.29) is 17.3 Å². The van der Waals surface area contributed by atoms with Crippen LogP contribution in [0.1, 0.15) is 29.6 Å². The molecule has 1 amide bonds. The predicted molar refractivity (Wildman–Crippen MR) is 100 cm³/mol. The molecule has 3 rings (SSSR count). The maximum Gasteiger partial charge on any atom is 0.310 e. The summed E-state index contributed by atoms with van der Waals surface area (Å²) < 4.78 is 5.04. The number of hydrogen-bond donors (Lipinski definition) is 1. The molecule has 1 saturated heterocycles. The highest BCUT2D eigenvalue weighted by molar-refractivity contribution is 6.06. The van der Waals surface area contributed by atoms with Crippen molar-refractivity contribution in [3.05, 3.63) is 58.1 Å². The fraction of sp³-hybridized carbons (Fsp3) is 0.316. The van der Waals surface area contributed by atoms with Gasteiger partial charge in [-0.05, 0) is 37.5 Å². The predicted octanol–water partition coefficient (Wildman–Crippen LogP) is 3.85. The molecule has 1 heterocycles. The van der Waals surface area contributed by atoms with Gasteiger partial charge >= 0.3 is 5.69 Å². The van der Waals surface area contributed by atoms with Crippen molar-refractivity contribution in [2.75, 3.05) is 30.4 Å². The van der Waals surface area contributed by atoms with Gasteiger partial charge in [0, 0.05) is 30.8 Å². The van der Waals surface area contributed by atoms with Crippen molar-refractivity contribution < 1.29 is 14.5 Å². The molecule has 0 aliphatic carbocycles. The average molecular weight is 355 g/mol. The van der Waals surface area contributed by atoms with E-state index in [1.54, 1.807) is 0 Å². The standard InChI is InChI=1S/C19H21N3O4/c1-26-18-13-14(9-10-17(18)22(24)25)19(23)20-15-7-3-4-8-16(15)21-11-5-2-6-12-21/h3-4,7-10,13H,2,5-6,11-12H2,1H3,(H,20,23). The van der Waals surface area contributed by atoms with Gasteiger partial charge in [0.25, 0.3) is 5.91 Å². The molecule has 2 aromatic rings. The lowest BCUT2D eigenvalue weighted by Crippen LogP contribution is -2.30. The number of benzene rings is 2. The minimum atomic E-state index is -0.536. The number of ether oxygens (including phenoxy) is 1. The summed E-state index contributed by atoms with van der Waals surface area (Å²) in [4.78, 5) is 25.4. The molecule has 0 atom stereocenters. The molecule has 0 saturated carbocycles. The van der Waals surface area contributed by atoms with Crippen LogP contribution in [0.2, 0.25) is 0 Å². The fourth-order valence-electron chi connectivity index (χ4n) is 3.15. The Balaban J connectivity index is 1.83. The Labute approximate surface area is 151 Å². The minimum absolute atomic E-state index is 0.0620. The highest BCUT2D eigenvalue weighted by atomic mass is 16.6. The lowest BCUT2D eigenvalue weighted by atomic mass is 10.1. The van der Waals surface area contributed by atoms with Crippen molar-refractivity contribution in [3.8, 4) is 5.75 Å². The van der Waals surface area contributed by atoms with E-state index in [0.29, 0.717) is 5.56 Å². The smallest absolute Gasteiger partial charge is 0.310 e. The quantitative estimate of drug-likeness (QED) is 0.650. The lowest BCUT2D eigenvalue weighted by Gasteiger charge is -2.30. The molecule has 1 N–H and O–H groups in total. The second-order valence-corrected chi connectivity index (χ2v) is 6.16. The molecule has 26 heavy (non-hydrogen) atoms. The van der Waals surface area contributed by atoms with Gasteiger partial charge in [-0.3, -0.25) is 14.9 Å². The number of anilines is 2. The molecule has 1 fully saturated rings. The Morgan fingerprint density at radius 2 is 1.88 bits per heavy atom. The monoisotopic (exact) mass is 355 g/mol. The summed E-state index contributed by atoms with van der Waals surface area (Å²) in [5.74, 6) is -0.269. The van der Waals surface area contributed by atoms with Crippen LogP contribution in [-0.4, -0.2) is 31.0 Å². The number of carbonyl (C=O) groups is 1. The van der Waals surface area contributed by atoms with Crippen LogP contribution in [0.25, 0.3) is 0 Å². The molecular weight excluding hydrogens is 334 g/mol. The summed E-state index contributed by atoms with van der Waals surface area (Å²) >= 11 is 0. The van der Waals surface area contributed by atoms with E-state index in [1.807, 2.05) is 24.3 Å². The Morgan fingerprint density at radius 1 is 1.15 bits per heavy atom. The molecule has 0 spiro atoms. The SMILES string of the molecule is COc1cc(C(=O)Nc2ccccc2N2CCCCC2)ccc1[N+](=O)[O-]. The number of nitro benzene ring substituents is 1. The van der Waals surface area contributed by atoms with Gasteiger partial charge in [0.1, 0.15) is 0 Å². The number of amides is 1. The van der Waals surface area contributed by atoms with E-state index in [2.05, 4.69) is 10.2 Å². The van der Waals surface area contributed by atoms with Crippen molar-refractivity contribution in [2.45, 2.75) is 19.3 Å². The molecular formula is C19H21N3O4. The van der Waals surface area contributed by atoms with Gasteiger partial charge in [-0.2, -0.15) is 0 Å². The lowest BCUT2D eigenvalue weighted by molar-refractivity contribution is -0.385. The van der Waals surface area contributed by atoms with Crippen LogP contribution in [0.15, 0.2) is 42.5 Å². The topological polar surface area (TPSA) is 84.7 Å². The number of nitrogens with zero attached hydrogens (tertiary/aromatic N) is 2. The number of nitro groups is 1. The summed E-state index contributed by atoms with van der Waals surface area (Å²) in [7, 11) is 1.34. The van der Waals surface area contributed by atoms with Crippen LogP contribution in [0.4, 0.5) is 17.1 Å². The first-order valence-corrected chi connectivity index (χ1v) is 8.58. The number of para-hydroxylation sites is 2. The van der Waals surface area contributed by atoms with Gasteiger partial charge in [0.05, 0.1) is 23.4 Å². The molecule has 1 aliphatic heterocycles. The Morgan fingerprint density at radius 3 is 2.58 bits per heavy atom. The zero-order valence-corrected chi connectivity index (χ0v) is 14.6. The number of rotatable bonds is 5. The molecule has 0 unspecified atom stereocenters. The van der Waals surface area contributed by atoms with Crippen LogP contribution < -0.4 is 15.0 Å². The molecule has 0 bridgehead atoms. The Bertz CT molecular complexity index is 816. The third-order valence-electron chi connectivity index (χ3n) is 4.49. The van der Waals surface area contributed by atoms with Crippen molar-refractivity contribution in [3.63, 3.8) is 0 Å². The number of hydrogen-bond acceptors (Lipinski definition) is 5. The van der Waals surface area contributed by atoms with E-state index in [1.165, 1.54) is 31.7 Å². The van der Waals surface area contributed by atoms with Gasteiger partial charge in [-0.25, -0.2) is 0 Å². The molecule has 1 aliphatic rings. The van der Waals surface area contributed by atoms with Gasteiger partial charge in [0.15, 0.2) is 5.75 Å². The van der Waals surface area contributed by atoms with Gasteiger partial charge < -0.3 is 15.0 Å². The molecule has 7 nitrogen and oxygen atoms in total. The highest BCUT2D eigenvalue weighted by Gasteiger charge is 2.19. The molecule has 2 aromatic carbocycles. The van der Waals surface area contributed by atoms with Gasteiger partial charge in [-0.1, -0.05) is 12.1 Å². The van der Waals surface area contributed by atoms with Crippen molar-refractivity contribution in [2.24, 2.45) is 0 Å². The number of piperidine rings is 1. The first-order chi connectivity index (χ1) is 12.6. The zero-order chi connectivity index (χ0) is 18.5. The van der Waals surface area contributed by atoms with Crippen molar-refractivity contribution in [1.82, 2.24) is 0 Å². The molecule has 0 radical (unpaired) electrons. The third-order valence-corrected chi connectivity index (χ3v) is 4.49. The summed E-state index contributed by atoms with van der Waals surface area (Å²) in [6, 6.07) is 11.8. The van der Waals surface area contributed by atoms with Crippen LogP contribution >= 0.6 is 0 Å². The summed E-state index contributed by atoms with van der Waals surface area (Å²) in [5, 5.41) is 13.9. The number of nitrogens with one attached hydrogen (secondary N) is 1. The summed E-state index contributed by atoms with van der Waals surface area (Å²) in [5.41, 5.74) is 1.87. The van der Waals surface area contributed by atoms with Crippen LogP contribution in [0.3, 0.4) is 0 Å². The Hall–Kier alpha value is -3.09. The first kappa shape index (κ1) is 17.7. The first-order valence-electron chi connectivity index (χ1n) is 8.58. The highest BCUT2D eigenvalue weighted by Crippen LogP contribution is 2.30. The molecule has 7 heteroatoms. The van der Waals surface area contributed by atoms with Crippen LogP contribution in [-0.2, 0) is 0 Å². The maximum absolute atomic E-state index is 12.6. The molecule has 136 valence electrons. The third kappa shape index (κ3) is 3.77. The maximum atomic E-state index is 12.6. The van der Waals surface area contributed by atoms with E-state index in [9.17, 15) is 14.9 Å². The largest absolute Gasteiger partial charge is 0.490 e. The zero-order valence-electron chi connectivity index (χ0n) is 14.6. The second-order valence-electron chi connectivity index (χ2n) is 6.16. The van der Waals surface area contributed by atoms with Crippen LogP contribution in [0.5, 0.6) is 5.75 Å². The van der Waals surface area contributed by atoms with Crippen LogP contribution in [0, 0.1) is 10.1 Å². The number of carbonyl (C=O) groups excluding carboxylic acids is 1. The normalized spacial score (nSPS) is 14.0. The van der Waals surface area contributed by atoms with Gasteiger partial charge in [0.2, 0.25) is 0 Å². The molecule has 0 aromatic heterocycles. The minimum Gasteiger partial charge on any atom is -0.490 e. The summed E-state index contributed by atoms with van der Waals surface area (Å²) in [6.45, 7) is 1.94. The average Bonchev–Trinajstić information content (AvgIpc) is 2.68. The van der Waals surface area contributed by atoms with E-state index in [0.717, 1.165) is 37.3 Å². The fourth-order valence-corrected chi connectivity index (χ4v) is 3.15. The summed E-state index contributed by atoms with van der Waals surface area (Å²) in [6.07, 6.45) is 3.51. The van der Waals surface area contributed by atoms with Crippen molar-refractivity contribution in [1.29, 1.82) is 0 Å². The van der Waals surface area contributed by atoms with E-state index < -0.39 is 4.92 Å². The van der Waals surface area contributed by atoms with Gasteiger partial charge in [-0.15, -0.1) is 0 Å². The number of methoxy groups -OCH3 is 1. The second kappa shape index (κ2) is 7.86.